The van der Waals surface area contributed by atoms with Crippen LogP contribution in [0.5, 0.6) is 11.5 Å². The number of carbonyl (C=O) groups is 2. The quantitative estimate of drug-likeness (QED) is 0.814. The fraction of sp³-hybridized carbons (Fsp3) is 0.333. The van der Waals surface area contributed by atoms with E-state index in [2.05, 4.69) is 19.2 Å². The van der Waals surface area contributed by atoms with Gasteiger partial charge in [0.25, 0.3) is 5.91 Å². The SMILES string of the molecule is Cc1cccc(C(C)C)c1NC(=O)COC(=O)c1ccc2c(c1)OCCO2. The number of hydrogen-bond acceptors (Lipinski definition) is 5. The number of aryl methyl sites for hydroxylation is 1. The monoisotopic (exact) mass is 369 g/mol. The normalized spacial score (nSPS) is 12.6. The number of para-hydroxylation sites is 1. The van der Waals surface area contributed by atoms with Crippen molar-refractivity contribution in [1.82, 2.24) is 0 Å². The molecule has 1 aliphatic heterocycles. The standard InChI is InChI=1S/C21H23NO5/c1-13(2)16-6-4-5-14(3)20(16)22-19(23)12-27-21(24)15-7-8-17-18(11-15)26-10-9-25-17/h4-8,11,13H,9-10,12H2,1-3H3,(H,22,23). The second-order valence-electron chi connectivity index (χ2n) is 6.68. The molecule has 27 heavy (non-hydrogen) atoms. The van der Waals surface area contributed by atoms with E-state index in [-0.39, 0.29) is 18.4 Å². The number of rotatable bonds is 5. The van der Waals surface area contributed by atoms with Crippen LogP contribution < -0.4 is 14.8 Å². The van der Waals surface area contributed by atoms with Crippen LogP contribution in [-0.2, 0) is 9.53 Å². The minimum atomic E-state index is -0.587. The summed E-state index contributed by atoms with van der Waals surface area (Å²) in [5.74, 6) is 0.395. The van der Waals surface area contributed by atoms with E-state index in [1.807, 2.05) is 25.1 Å². The molecule has 0 spiro atoms. The van der Waals surface area contributed by atoms with E-state index in [1.165, 1.54) is 0 Å². The highest BCUT2D eigenvalue weighted by Crippen LogP contribution is 2.31. The first-order valence-electron chi connectivity index (χ1n) is 8.92. The van der Waals surface area contributed by atoms with Crippen LogP contribution in [0, 0.1) is 6.92 Å². The molecule has 1 N–H and O–H groups in total. The van der Waals surface area contributed by atoms with Crippen molar-refractivity contribution in [3.05, 3.63) is 53.1 Å². The van der Waals surface area contributed by atoms with Crippen LogP contribution in [0.4, 0.5) is 5.69 Å². The zero-order valence-corrected chi connectivity index (χ0v) is 15.7. The number of carbonyl (C=O) groups excluding carboxylic acids is 2. The number of benzene rings is 2. The molecule has 0 unspecified atom stereocenters. The molecule has 0 aromatic heterocycles. The molecule has 6 heteroatoms. The van der Waals surface area contributed by atoms with E-state index < -0.39 is 5.97 Å². The lowest BCUT2D eigenvalue weighted by atomic mass is 9.98. The van der Waals surface area contributed by atoms with Gasteiger partial charge in [0, 0.05) is 5.69 Å². The average molecular weight is 369 g/mol. The maximum atomic E-state index is 12.3. The van der Waals surface area contributed by atoms with E-state index in [0.29, 0.717) is 30.3 Å². The van der Waals surface area contributed by atoms with Gasteiger partial charge in [-0.1, -0.05) is 32.0 Å². The Bertz CT molecular complexity index is 860. The summed E-state index contributed by atoms with van der Waals surface area (Å²) in [4.78, 5) is 24.5. The number of hydrogen-bond donors (Lipinski definition) is 1. The fourth-order valence-electron chi connectivity index (χ4n) is 2.90. The summed E-state index contributed by atoms with van der Waals surface area (Å²) in [6, 6.07) is 10.7. The van der Waals surface area contributed by atoms with E-state index >= 15 is 0 Å². The number of anilines is 1. The summed E-state index contributed by atoms with van der Waals surface area (Å²) in [5, 5.41) is 2.86. The molecule has 6 nitrogen and oxygen atoms in total. The Balaban J connectivity index is 1.62. The Morgan fingerprint density at radius 2 is 1.85 bits per heavy atom. The number of fused-ring (bicyclic) bond motifs is 1. The zero-order valence-electron chi connectivity index (χ0n) is 15.7. The van der Waals surface area contributed by atoms with Crippen molar-refractivity contribution in [2.24, 2.45) is 0 Å². The molecule has 0 fully saturated rings. The Morgan fingerprint density at radius 1 is 1.11 bits per heavy atom. The molecular weight excluding hydrogens is 346 g/mol. The lowest BCUT2D eigenvalue weighted by Gasteiger charge is -2.18. The summed E-state index contributed by atoms with van der Waals surface area (Å²) in [7, 11) is 0. The molecule has 2 aromatic rings. The fourth-order valence-corrected chi connectivity index (χ4v) is 2.90. The second-order valence-corrected chi connectivity index (χ2v) is 6.68. The van der Waals surface area contributed by atoms with Gasteiger partial charge in [0.05, 0.1) is 5.56 Å². The van der Waals surface area contributed by atoms with Gasteiger partial charge in [-0.15, -0.1) is 0 Å². The van der Waals surface area contributed by atoms with Crippen LogP contribution in [0.1, 0.15) is 41.3 Å². The van der Waals surface area contributed by atoms with Crippen LogP contribution in [0.3, 0.4) is 0 Å². The molecule has 0 atom stereocenters. The molecule has 0 bridgehead atoms. The topological polar surface area (TPSA) is 73.9 Å². The largest absolute Gasteiger partial charge is 0.486 e. The number of nitrogens with one attached hydrogen (secondary N) is 1. The highest BCUT2D eigenvalue weighted by Gasteiger charge is 2.17. The summed E-state index contributed by atoms with van der Waals surface area (Å²) in [5.41, 5.74) is 3.09. The average Bonchev–Trinajstić information content (AvgIpc) is 2.67. The van der Waals surface area contributed by atoms with Gasteiger partial charge in [-0.25, -0.2) is 4.79 Å². The van der Waals surface area contributed by atoms with Crippen LogP contribution >= 0.6 is 0 Å². The molecule has 142 valence electrons. The lowest BCUT2D eigenvalue weighted by molar-refractivity contribution is -0.119. The Hall–Kier alpha value is -3.02. The molecule has 1 amide bonds. The van der Waals surface area contributed by atoms with Gasteiger partial charge < -0.3 is 19.5 Å². The highest BCUT2D eigenvalue weighted by atomic mass is 16.6. The summed E-state index contributed by atoms with van der Waals surface area (Å²) >= 11 is 0. The third-order valence-electron chi connectivity index (χ3n) is 4.30. The third-order valence-corrected chi connectivity index (χ3v) is 4.30. The molecule has 2 aromatic carbocycles. The van der Waals surface area contributed by atoms with Crippen molar-refractivity contribution in [2.45, 2.75) is 26.7 Å². The maximum Gasteiger partial charge on any atom is 0.338 e. The van der Waals surface area contributed by atoms with E-state index in [1.54, 1.807) is 18.2 Å². The Morgan fingerprint density at radius 3 is 2.59 bits per heavy atom. The van der Waals surface area contributed by atoms with E-state index in [0.717, 1.165) is 16.8 Å². The predicted octanol–water partition coefficient (Wildman–Crippen LogP) is 3.69. The first-order valence-corrected chi connectivity index (χ1v) is 8.92. The molecule has 1 aliphatic rings. The Kier molecular flexibility index (Phi) is 5.64. The third kappa shape index (κ3) is 4.39. The molecule has 1 heterocycles. The van der Waals surface area contributed by atoms with Gasteiger partial charge in [-0.3, -0.25) is 4.79 Å². The van der Waals surface area contributed by atoms with Crippen molar-refractivity contribution in [1.29, 1.82) is 0 Å². The highest BCUT2D eigenvalue weighted by molar-refractivity contribution is 5.96. The van der Waals surface area contributed by atoms with Crippen LogP contribution in [0.15, 0.2) is 36.4 Å². The van der Waals surface area contributed by atoms with Gasteiger partial charge >= 0.3 is 5.97 Å². The molecule has 0 saturated carbocycles. The molecule has 0 aliphatic carbocycles. The van der Waals surface area contributed by atoms with Gasteiger partial charge in [0.15, 0.2) is 18.1 Å². The predicted molar refractivity (Wildman–Crippen MR) is 102 cm³/mol. The van der Waals surface area contributed by atoms with Crippen LogP contribution in [-0.4, -0.2) is 31.7 Å². The van der Waals surface area contributed by atoms with Gasteiger partial charge in [-0.2, -0.15) is 0 Å². The van der Waals surface area contributed by atoms with Crippen molar-refractivity contribution in [2.75, 3.05) is 25.1 Å². The van der Waals surface area contributed by atoms with Crippen molar-refractivity contribution in [3.63, 3.8) is 0 Å². The van der Waals surface area contributed by atoms with E-state index in [4.69, 9.17) is 14.2 Å². The summed E-state index contributed by atoms with van der Waals surface area (Å²) in [6.45, 7) is 6.61. The van der Waals surface area contributed by atoms with Gasteiger partial charge in [0.1, 0.15) is 13.2 Å². The minimum Gasteiger partial charge on any atom is -0.486 e. The molecule has 3 rings (SSSR count). The zero-order chi connectivity index (χ0) is 19.4. The molecule has 0 saturated heterocycles. The minimum absolute atomic E-state index is 0.264. The smallest absolute Gasteiger partial charge is 0.338 e. The van der Waals surface area contributed by atoms with Gasteiger partial charge in [0.2, 0.25) is 0 Å². The van der Waals surface area contributed by atoms with Crippen molar-refractivity contribution in [3.8, 4) is 11.5 Å². The van der Waals surface area contributed by atoms with Crippen molar-refractivity contribution >= 4 is 17.6 Å². The first-order chi connectivity index (χ1) is 13.0. The Labute approximate surface area is 158 Å². The maximum absolute atomic E-state index is 12.3. The number of ether oxygens (including phenoxy) is 3. The molecular formula is C21H23NO5. The first kappa shape index (κ1) is 18.8. The van der Waals surface area contributed by atoms with Gasteiger partial charge in [-0.05, 0) is 42.2 Å². The number of esters is 1. The van der Waals surface area contributed by atoms with Crippen LogP contribution in [0.25, 0.3) is 0 Å². The lowest BCUT2D eigenvalue weighted by Crippen LogP contribution is -2.22. The van der Waals surface area contributed by atoms with Crippen molar-refractivity contribution < 1.29 is 23.8 Å². The van der Waals surface area contributed by atoms with E-state index in [9.17, 15) is 9.59 Å². The summed E-state index contributed by atoms with van der Waals surface area (Å²) in [6.07, 6.45) is 0. The van der Waals surface area contributed by atoms with Crippen LogP contribution in [0.2, 0.25) is 0 Å². The second kappa shape index (κ2) is 8.12. The number of amides is 1. The molecule has 0 radical (unpaired) electrons. The summed E-state index contributed by atoms with van der Waals surface area (Å²) < 4.78 is 16.0.